The van der Waals surface area contributed by atoms with Gasteiger partial charge in [-0.3, -0.25) is 4.79 Å². The molecular formula is C21H28N2O2S. The molecule has 4 bridgehead atoms. The highest BCUT2D eigenvalue weighted by molar-refractivity contribution is 7.80. The summed E-state index contributed by atoms with van der Waals surface area (Å²) in [5.41, 5.74) is 1.10. The van der Waals surface area contributed by atoms with E-state index in [4.69, 9.17) is 17.0 Å². The first-order chi connectivity index (χ1) is 12.5. The standard InChI is InChI=1S/C21H28N2O2S/c1-2-25-18-5-3-17(4-6-18)22-20(26)23-19(24)13-21-10-14-7-15(11-21)9-16(8-14)12-21/h3-6,14-16H,2,7-13H2,1H3,(H2,22,23,24,26). The summed E-state index contributed by atoms with van der Waals surface area (Å²) in [5, 5.41) is 6.37. The maximum Gasteiger partial charge on any atom is 0.226 e. The monoisotopic (exact) mass is 372 g/mol. The van der Waals surface area contributed by atoms with Crippen molar-refractivity contribution < 1.29 is 9.53 Å². The Morgan fingerprint density at radius 1 is 1.12 bits per heavy atom. The summed E-state index contributed by atoms with van der Waals surface area (Å²) in [6.07, 6.45) is 8.56. The summed E-state index contributed by atoms with van der Waals surface area (Å²) in [7, 11) is 0. The van der Waals surface area contributed by atoms with Crippen LogP contribution in [0.4, 0.5) is 5.69 Å². The van der Waals surface area contributed by atoms with E-state index in [1.165, 1.54) is 38.5 Å². The third-order valence-electron chi connectivity index (χ3n) is 6.38. The summed E-state index contributed by atoms with van der Waals surface area (Å²) in [5.74, 6) is 3.49. The Morgan fingerprint density at radius 2 is 1.69 bits per heavy atom. The number of anilines is 1. The highest BCUT2D eigenvalue weighted by Gasteiger charge is 2.51. The van der Waals surface area contributed by atoms with Gasteiger partial charge in [-0.1, -0.05) is 0 Å². The summed E-state index contributed by atoms with van der Waals surface area (Å²) in [4.78, 5) is 12.6. The van der Waals surface area contributed by atoms with Crippen LogP contribution in [0.3, 0.4) is 0 Å². The number of ether oxygens (including phenoxy) is 1. The molecule has 2 N–H and O–H groups in total. The fourth-order valence-corrected chi connectivity index (χ4v) is 6.21. The Morgan fingerprint density at radius 3 is 2.23 bits per heavy atom. The van der Waals surface area contributed by atoms with Crippen LogP contribution in [-0.2, 0) is 4.79 Å². The van der Waals surface area contributed by atoms with Crippen LogP contribution in [0.2, 0.25) is 0 Å². The van der Waals surface area contributed by atoms with Gasteiger partial charge in [0.1, 0.15) is 5.75 Å². The largest absolute Gasteiger partial charge is 0.494 e. The lowest BCUT2D eigenvalue weighted by Crippen LogP contribution is -2.48. The Kier molecular flexibility index (Phi) is 4.91. The molecule has 5 rings (SSSR count). The molecule has 1 aromatic carbocycles. The first-order valence-electron chi connectivity index (χ1n) is 9.87. The highest BCUT2D eigenvalue weighted by Crippen LogP contribution is 2.61. The van der Waals surface area contributed by atoms with Crippen LogP contribution in [0, 0.1) is 23.2 Å². The van der Waals surface area contributed by atoms with Gasteiger partial charge in [-0.25, -0.2) is 0 Å². The van der Waals surface area contributed by atoms with E-state index in [9.17, 15) is 4.79 Å². The van der Waals surface area contributed by atoms with E-state index < -0.39 is 0 Å². The average molecular weight is 373 g/mol. The van der Waals surface area contributed by atoms with Gasteiger partial charge in [-0.15, -0.1) is 0 Å². The molecule has 0 radical (unpaired) electrons. The summed E-state index contributed by atoms with van der Waals surface area (Å²) >= 11 is 5.33. The number of nitrogens with one attached hydrogen (secondary N) is 2. The van der Waals surface area contributed by atoms with Gasteiger partial charge in [0.2, 0.25) is 5.91 Å². The van der Waals surface area contributed by atoms with Crippen molar-refractivity contribution in [1.82, 2.24) is 5.32 Å². The van der Waals surface area contributed by atoms with Crippen molar-refractivity contribution in [3.05, 3.63) is 24.3 Å². The molecule has 0 spiro atoms. The van der Waals surface area contributed by atoms with E-state index in [2.05, 4.69) is 10.6 Å². The van der Waals surface area contributed by atoms with Crippen molar-refractivity contribution in [2.24, 2.45) is 23.2 Å². The number of rotatable bonds is 5. The minimum absolute atomic E-state index is 0.0652. The zero-order valence-electron chi connectivity index (χ0n) is 15.4. The first-order valence-corrected chi connectivity index (χ1v) is 10.3. The maximum absolute atomic E-state index is 12.6. The molecular weight excluding hydrogens is 344 g/mol. The van der Waals surface area contributed by atoms with Gasteiger partial charge in [0.15, 0.2) is 5.11 Å². The molecule has 4 aliphatic carbocycles. The summed E-state index contributed by atoms with van der Waals surface area (Å²) in [6.45, 7) is 2.60. The second kappa shape index (κ2) is 7.18. The van der Waals surface area contributed by atoms with Gasteiger partial charge >= 0.3 is 0 Å². The number of benzene rings is 1. The molecule has 0 unspecified atom stereocenters. The topological polar surface area (TPSA) is 50.4 Å². The van der Waals surface area contributed by atoms with Crippen LogP contribution in [0.1, 0.15) is 51.9 Å². The van der Waals surface area contributed by atoms with Crippen molar-refractivity contribution in [2.45, 2.75) is 51.9 Å². The molecule has 0 saturated heterocycles. The first kappa shape index (κ1) is 17.8. The lowest BCUT2D eigenvalue weighted by molar-refractivity contribution is -0.127. The molecule has 0 atom stereocenters. The molecule has 4 saturated carbocycles. The van der Waals surface area contributed by atoms with Crippen LogP contribution < -0.4 is 15.4 Å². The average Bonchev–Trinajstić information content (AvgIpc) is 2.54. The Labute approximate surface area is 161 Å². The Bertz CT molecular complexity index is 650. The van der Waals surface area contributed by atoms with Crippen LogP contribution in [0.5, 0.6) is 5.75 Å². The Hall–Kier alpha value is -1.62. The van der Waals surface area contributed by atoms with Crippen molar-refractivity contribution in [1.29, 1.82) is 0 Å². The smallest absolute Gasteiger partial charge is 0.226 e. The van der Waals surface area contributed by atoms with Crippen molar-refractivity contribution in [3.8, 4) is 5.75 Å². The number of carbonyl (C=O) groups is 1. The van der Waals surface area contributed by atoms with Gasteiger partial charge in [0.25, 0.3) is 0 Å². The molecule has 0 heterocycles. The number of carbonyl (C=O) groups excluding carboxylic acids is 1. The highest BCUT2D eigenvalue weighted by atomic mass is 32.1. The maximum atomic E-state index is 12.6. The number of amides is 1. The zero-order chi connectivity index (χ0) is 18.1. The van der Waals surface area contributed by atoms with Crippen LogP contribution in [0.25, 0.3) is 0 Å². The SMILES string of the molecule is CCOc1ccc(NC(=S)NC(=O)CC23CC4CC(CC(C4)C2)C3)cc1. The third kappa shape index (κ3) is 3.88. The van der Waals surface area contributed by atoms with E-state index in [1.54, 1.807) is 0 Å². The lowest BCUT2D eigenvalue weighted by Gasteiger charge is -2.56. The molecule has 1 aromatic rings. The number of hydrogen-bond acceptors (Lipinski definition) is 3. The molecule has 5 heteroatoms. The predicted molar refractivity (Wildman–Crippen MR) is 107 cm³/mol. The van der Waals surface area contributed by atoms with E-state index in [0.717, 1.165) is 29.2 Å². The van der Waals surface area contributed by atoms with E-state index >= 15 is 0 Å². The van der Waals surface area contributed by atoms with Crippen LogP contribution in [0.15, 0.2) is 24.3 Å². The van der Waals surface area contributed by atoms with Crippen LogP contribution >= 0.6 is 12.2 Å². The molecule has 4 nitrogen and oxygen atoms in total. The fourth-order valence-electron chi connectivity index (χ4n) is 5.98. The van der Waals surface area contributed by atoms with Gasteiger partial charge in [0.05, 0.1) is 6.61 Å². The lowest BCUT2D eigenvalue weighted by atomic mass is 9.49. The van der Waals surface area contributed by atoms with E-state index in [1.807, 2.05) is 31.2 Å². The van der Waals surface area contributed by atoms with Gasteiger partial charge < -0.3 is 15.4 Å². The molecule has 4 fully saturated rings. The van der Waals surface area contributed by atoms with Crippen molar-refractivity contribution in [2.75, 3.05) is 11.9 Å². The summed E-state index contributed by atoms with van der Waals surface area (Å²) < 4.78 is 5.43. The van der Waals surface area contributed by atoms with Gasteiger partial charge in [0, 0.05) is 12.1 Å². The number of hydrogen-bond donors (Lipinski definition) is 2. The quantitative estimate of drug-likeness (QED) is 0.747. The fraction of sp³-hybridized carbons (Fsp3) is 0.619. The van der Waals surface area contributed by atoms with Gasteiger partial charge in [-0.05, 0) is 105 Å². The zero-order valence-corrected chi connectivity index (χ0v) is 16.2. The molecule has 4 aliphatic rings. The van der Waals surface area contributed by atoms with Crippen molar-refractivity contribution >= 4 is 28.9 Å². The molecule has 140 valence electrons. The number of thiocarbonyl (C=S) groups is 1. The van der Waals surface area contributed by atoms with Crippen molar-refractivity contribution in [3.63, 3.8) is 0 Å². The summed E-state index contributed by atoms with van der Waals surface area (Å²) in [6, 6.07) is 7.60. The third-order valence-corrected chi connectivity index (χ3v) is 6.58. The molecule has 26 heavy (non-hydrogen) atoms. The second-order valence-electron chi connectivity index (χ2n) is 8.55. The van der Waals surface area contributed by atoms with Gasteiger partial charge in [-0.2, -0.15) is 0 Å². The van der Waals surface area contributed by atoms with E-state index in [-0.39, 0.29) is 11.3 Å². The predicted octanol–water partition coefficient (Wildman–Crippen LogP) is 4.50. The van der Waals surface area contributed by atoms with Crippen LogP contribution in [-0.4, -0.2) is 17.6 Å². The molecule has 1 amide bonds. The molecule has 0 aromatic heterocycles. The second-order valence-corrected chi connectivity index (χ2v) is 8.96. The normalized spacial score (nSPS) is 31.5. The van der Waals surface area contributed by atoms with E-state index in [0.29, 0.717) is 18.1 Å². The minimum Gasteiger partial charge on any atom is -0.494 e. The molecule has 0 aliphatic heterocycles. The Balaban J connectivity index is 1.30. The minimum atomic E-state index is 0.0652.